The summed E-state index contributed by atoms with van der Waals surface area (Å²) in [6, 6.07) is 10.5. The zero-order valence-electron chi connectivity index (χ0n) is 20.7. The second-order valence-corrected chi connectivity index (χ2v) is 10.7. The summed E-state index contributed by atoms with van der Waals surface area (Å²) in [7, 11) is 1.73. The number of phenolic OH excluding ortho intramolecular Hbond substituents is 1. The van der Waals surface area contributed by atoms with Gasteiger partial charge in [-0.1, -0.05) is 39.5 Å². The molecule has 5 heteroatoms. The third-order valence-electron chi connectivity index (χ3n) is 7.38. The lowest BCUT2D eigenvalue weighted by molar-refractivity contribution is 0.274. The molecule has 0 bridgehead atoms. The molecule has 178 valence electrons. The van der Waals surface area contributed by atoms with Crippen LogP contribution in [0.1, 0.15) is 56.7 Å². The van der Waals surface area contributed by atoms with Crippen LogP contribution in [-0.2, 0) is 11.8 Å². The maximum Gasteiger partial charge on any atom is 0.144 e. The van der Waals surface area contributed by atoms with E-state index in [-0.39, 0.29) is 17.4 Å². The van der Waals surface area contributed by atoms with Crippen LogP contribution < -0.4 is 15.0 Å². The molecule has 0 spiro atoms. The number of hydrogen-bond donors (Lipinski definition) is 3. The first-order valence-corrected chi connectivity index (χ1v) is 12.0. The highest BCUT2D eigenvalue weighted by Gasteiger charge is 2.47. The quantitative estimate of drug-likeness (QED) is 0.494. The molecule has 2 aliphatic rings. The number of rotatable bonds is 8. The van der Waals surface area contributed by atoms with Gasteiger partial charge in [0, 0.05) is 42.1 Å². The molecule has 1 fully saturated rings. The Labute approximate surface area is 198 Å². The Hall–Kier alpha value is -2.66. The number of methoxy groups -OCH3 is 1. The molecule has 1 aliphatic heterocycles. The van der Waals surface area contributed by atoms with Crippen LogP contribution in [0.4, 0.5) is 11.4 Å². The highest BCUT2D eigenvalue weighted by atomic mass is 16.5. The number of aryl methyl sites for hydroxylation is 1. The van der Waals surface area contributed by atoms with Crippen molar-refractivity contribution in [1.29, 1.82) is 0 Å². The van der Waals surface area contributed by atoms with Gasteiger partial charge >= 0.3 is 0 Å². The van der Waals surface area contributed by atoms with E-state index in [0.29, 0.717) is 11.8 Å². The SMILES string of the molecule is C=C(Nc1cc2c(c(OC)c1)N(CCCO)C(C(C)(C)C)C2)C1(c2ccc(O)c(C)c2)CC1. The predicted molar refractivity (Wildman–Crippen MR) is 136 cm³/mol. The molecule has 1 heterocycles. The van der Waals surface area contributed by atoms with Crippen molar-refractivity contribution >= 4 is 11.4 Å². The average Bonchev–Trinajstić information content (AvgIpc) is 3.49. The van der Waals surface area contributed by atoms with E-state index >= 15 is 0 Å². The molecule has 33 heavy (non-hydrogen) atoms. The van der Waals surface area contributed by atoms with E-state index in [1.54, 1.807) is 13.2 Å². The first-order valence-electron chi connectivity index (χ1n) is 12.0. The minimum absolute atomic E-state index is 0.0915. The second kappa shape index (κ2) is 8.60. The molecule has 1 unspecified atom stereocenters. The van der Waals surface area contributed by atoms with Crippen molar-refractivity contribution in [2.75, 3.05) is 30.5 Å². The Morgan fingerprint density at radius 3 is 2.55 bits per heavy atom. The molecule has 1 atom stereocenters. The van der Waals surface area contributed by atoms with Gasteiger partial charge in [0.1, 0.15) is 11.5 Å². The van der Waals surface area contributed by atoms with Crippen molar-refractivity contribution in [1.82, 2.24) is 0 Å². The molecule has 3 N–H and O–H groups in total. The Bertz CT molecular complexity index is 1050. The summed E-state index contributed by atoms with van der Waals surface area (Å²) < 4.78 is 5.86. The van der Waals surface area contributed by atoms with E-state index in [1.165, 1.54) is 11.1 Å². The van der Waals surface area contributed by atoms with Crippen molar-refractivity contribution in [3.8, 4) is 11.5 Å². The Morgan fingerprint density at radius 1 is 1.24 bits per heavy atom. The van der Waals surface area contributed by atoms with E-state index < -0.39 is 0 Å². The molecule has 2 aromatic rings. The van der Waals surface area contributed by atoms with Gasteiger partial charge in [0.2, 0.25) is 0 Å². The lowest BCUT2D eigenvalue weighted by Gasteiger charge is -2.37. The van der Waals surface area contributed by atoms with Gasteiger partial charge in [0.15, 0.2) is 0 Å². The van der Waals surface area contributed by atoms with Gasteiger partial charge in [-0.05, 0) is 66.8 Å². The lowest BCUT2D eigenvalue weighted by atomic mass is 9.84. The Balaban J connectivity index is 1.63. The first-order chi connectivity index (χ1) is 15.6. The summed E-state index contributed by atoms with van der Waals surface area (Å²) in [5.74, 6) is 1.19. The van der Waals surface area contributed by atoms with Crippen LogP contribution in [0.25, 0.3) is 0 Å². The van der Waals surface area contributed by atoms with Crippen molar-refractivity contribution in [3.05, 3.63) is 59.3 Å². The molecule has 4 rings (SSSR count). The number of aliphatic hydroxyl groups excluding tert-OH is 1. The van der Waals surface area contributed by atoms with E-state index in [2.05, 4.69) is 55.8 Å². The molecule has 0 saturated heterocycles. The number of aliphatic hydroxyl groups is 1. The van der Waals surface area contributed by atoms with Crippen molar-refractivity contribution in [2.24, 2.45) is 5.41 Å². The summed E-state index contributed by atoms with van der Waals surface area (Å²) in [5.41, 5.74) is 6.50. The number of fused-ring (bicyclic) bond motifs is 1. The zero-order chi connectivity index (χ0) is 24.0. The molecule has 2 aromatic carbocycles. The standard InChI is InChI=1S/C28H38N2O3/c1-18-14-21(8-9-23(18)32)28(10-11-28)19(2)29-22-15-20-16-25(27(3,4)5)30(12-7-13-31)26(20)24(17-22)33-6/h8-9,14-15,17,25,29,31-32H,2,7,10-13,16H2,1,3-6H3. The van der Waals surface area contributed by atoms with E-state index in [0.717, 1.165) is 60.6 Å². The molecule has 0 amide bonds. The van der Waals surface area contributed by atoms with Gasteiger partial charge in [0.25, 0.3) is 0 Å². The molecular formula is C28H38N2O3. The second-order valence-electron chi connectivity index (χ2n) is 10.7. The third kappa shape index (κ3) is 4.31. The van der Waals surface area contributed by atoms with E-state index in [9.17, 15) is 10.2 Å². The van der Waals surface area contributed by atoms with Crippen LogP contribution in [0.3, 0.4) is 0 Å². The van der Waals surface area contributed by atoms with Crippen molar-refractivity contribution < 1.29 is 14.9 Å². The number of phenols is 1. The van der Waals surface area contributed by atoms with Gasteiger partial charge < -0.3 is 25.2 Å². The summed E-state index contributed by atoms with van der Waals surface area (Å²) in [4.78, 5) is 2.42. The fraction of sp³-hybridized carbons (Fsp3) is 0.500. The number of allylic oxidation sites excluding steroid dienone is 1. The van der Waals surface area contributed by atoms with E-state index in [1.807, 2.05) is 13.0 Å². The first kappa shape index (κ1) is 23.5. The van der Waals surface area contributed by atoms with Crippen molar-refractivity contribution in [2.45, 2.75) is 64.8 Å². The number of nitrogens with one attached hydrogen (secondary N) is 1. The smallest absolute Gasteiger partial charge is 0.144 e. The van der Waals surface area contributed by atoms with Gasteiger partial charge in [0.05, 0.1) is 12.8 Å². The highest BCUT2D eigenvalue weighted by Crippen LogP contribution is 2.54. The van der Waals surface area contributed by atoms with Crippen LogP contribution in [0.15, 0.2) is 42.6 Å². The van der Waals surface area contributed by atoms with Gasteiger partial charge in [-0.3, -0.25) is 0 Å². The summed E-state index contributed by atoms with van der Waals surface area (Å²) >= 11 is 0. The Kier molecular flexibility index (Phi) is 6.12. The molecular weight excluding hydrogens is 412 g/mol. The fourth-order valence-electron chi connectivity index (χ4n) is 5.27. The Morgan fingerprint density at radius 2 is 1.97 bits per heavy atom. The summed E-state index contributed by atoms with van der Waals surface area (Å²) in [6.45, 7) is 14.2. The number of aromatic hydroxyl groups is 1. The highest BCUT2D eigenvalue weighted by molar-refractivity contribution is 5.74. The fourth-order valence-corrected chi connectivity index (χ4v) is 5.27. The molecule has 1 aliphatic carbocycles. The molecule has 0 aromatic heterocycles. The van der Waals surface area contributed by atoms with Gasteiger partial charge in [-0.2, -0.15) is 0 Å². The number of nitrogens with zero attached hydrogens (tertiary/aromatic N) is 1. The van der Waals surface area contributed by atoms with Crippen LogP contribution in [0.5, 0.6) is 11.5 Å². The number of hydrogen-bond acceptors (Lipinski definition) is 5. The number of ether oxygens (including phenoxy) is 1. The maximum absolute atomic E-state index is 9.94. The predicted octanol–water partition coefficient (Wildman–Crippen LogP) is 5.53. The lowest BCUT2D eigenvalue weighted by Crippen LogP contribution is -2.42. The normalized spacial score (nSPS) is 18.7. The zero-order valence-corrected chi connectivity index (χ0v) is 20.7. The largest absolute Gasteiger partial charge is 0.508 e. The van der Waals surface area contributed by atoms with Crippen LogP contribution in [0.2, 0.25) is 0 Å². The average molecular weight is 451 g/mol. The summed E-state index contributed by atoms with van der Waals surface area (Å²) in [6.07, 6.45) is 3.78. The van der Waals surface area contributed by atoms with Crippen LogP contribution in [0, 0.1) is 12.3 Å². The molecule has 0 radical (unpaired) electrons. The maximum atomic E-state index is 9.94. The minimum atomic E-state index is -0.0915. The molecule has 1 saturated carbocycles. The van der Waals surface area contributed by atoms with Crippen LogP contribution >= 0.6 is 0 Å². The molecule has 5 nitrogen and oxygen atoms in total. The van der Waals surface area contributed by atoms with E-state index in [4.69, 9.17) is 4.74 Å². The third-order valence-corrected chi connectivity index (χ3v) is 7.38. The van der Waals surface area contributed by atoms with Gasteiger partial charge in [-0.15, -0.1) is 0 Å². The van der Waals surface area contributed by atoms with Gasteiger partial charge in [-0.25, -0.2) is 0 Å². The minimum Gasteiger partial charge on any atom is -0.508 e. The van der Waals surface area contributed by atoms with Crippen molar-refractivity contribution in [3.63, 3.8) is 0 Å². The number of benzene rings is 2. The summed E-state index contributed by atoms with van der Waals surface area (Å²) in [5, 5.41) is 23.0. The number of anilines is 2. The van der Waals surface area contributed by atoms with Crippen LogP contribution in [-0.4, -0.2) is 36.5 Å². The topological polar surface area (TPSA) is 65.0 Å². The monoisotopic (exact) mass is 450 g/mol.